The van der Waals surface area contributed by atoms with Crippen molar-refractivity contribution < 1.29 is 4.74 Å². The number of nitrogens with one attached hydrogen (secondary N) is 1. The fourth-order valence-corrected chi connectivity index (χ4v) is 0.625. The standard InChI is InChI=1S/C6H9N3O2/c1-3-4(7)8-6(11-2)9-5(3)10/h1-2H3,(H3,7,8,9,10). The number of hydrogen-bond donors (Lipinski definition) is 2. The molecule has 0 bridgehead atoms. The van der Waals surface area contributed by atoms with Crippen molar-refractivity contribution in [1.29, 1.82) is 0 Å². The van der Waals surface area contributed by atoms with Gasteiger partial charge in [-0.05, 0) is 6.92 Å². The Kier molecular flexibility index (Phi) is 1.80. The van der Waals surface area contributed by atoms with Gasteiger partial charge in [0.05, 0.1) is 12.7 Å². The van der Waals surface area contributed by atoms with Crippen molar-refractivity contribution in [3.05, 3.63) is 15.9 Å². The first kappa shape index (κ1) is 7.59. The lowest BCUT2D eigenvalue weighted by molar-refractivity contribution is 0.379. The van der Waals surface area contributed by atoms with Gasteiger partial charge >= 0.3 is 0 Å². The van der Waals surface area contributed by atoms with Crippen LogP contribution in [0.15, 0.2) is 4.79 Å². The van der Waals surface area contributed by atoms with Crippen molar-refractivity contribution in [2.45, 2.75) is 6.92 Å². The fourth-order valence-electron chi connectivity index (χ4n) is 0.625. The van der Waals surface area contributed by atoms with Gasteiger partial charge in [-0.1, -0.05) is 0 Å². The molecule has 0 saturated heterocycles. The van der Waals surface area contributed by atoms with Crippen molar-refractivity contribution >= 4 is 5.82 Å². The lowest BCUT2D eigenvalue weighted by Crippen LogP contribution is -2.15. The van der Waals surface area contributed by atoms with Crippen LogP contribution in [0, 0.1) is 6.92 Å². The molecule has 1 heterocycles. The quantitative estimate of drug-likeness (QED) is 0.581. The predicted octanol–water partition coefficient (Wildman–Crippen LogP) is -0.331. The van der Waals surface area contributed by atoms with E-state index in [0.717, 1.165) is 0 Å². The summed E-state index contributed by atoms with van der Waals surface area (Å²) in [6.07, 6.45) is 0. The van der Waals surface area contributed by atoms with Crippen LogP contribution in [0.25, 0.3) is 0 Å². The van der Waals surface area contributed by atoms with Crippen molar-refractivity contribution in [2.24, 2.45) is 0 Å². The van der Waals surface area contributed by atoms with Gasteiger partial charge in [-0.2, -0.15) is 4.98 Å². The first-order valence-corrected chi connectivity index (χ1v) is 3.05. The molecule has 0 aromatic carbocycles. The number of H-pyrrole nitrogens is 1. The average Bonchev–Trinajstić information content (AvgIpc) is 1.99. The zero-order valence-electron chi connectivity index (χ0n) is 6.34. The van der Waals surface area contributed by atoms with Crippen LogP contribution in [0.1, 0.15) is 5.56 Å². The summed E-state index contributed by atoms with van der Waals surface area (Å²) in [6, 6.07) is 0.137. The molecule has 0 spiro atoms. The van der Waals surface area contributed by atoms with Crippen LogP contribution >= 0.6 is 0 Å². The summed E-state index contributed by atoms with van der Waals surface area (Å²) in [6.45, 7) is 1.60. The number of aromatic amines is 1. The van der Waals surface area contributed by atoms with Gasteiger partial charge in [-0.3, -0.25) is 9.78 Å². The van der Waals surface area contributed by atoms with E-state index in [9.17, 15) is 4.79 Å². The van der Waals surface area contributed by atoms with Gasteiger partial charge in [0.1, 0.15) is 5.82 Å². The van der Waals surface area contributed by atoms with E-state index in [0.29, 0.717) is 5.56 Å². The van der Waals surface area contributed by atoms with Crippen molar-refractivity contribution in [3.8, 4) is 6.01 Å². The second-order valence-corrected chi connectivity index (χ2v) is 2.09. The molecular formula is C6H9N3O2. The monoisotopic (exact) mass is 155 g/mol. The minimum atomic E-state index is -0.269. The number of nitrogen functional groups attached to an aromatic ring is 1. The van der Waals surface area contributed by atoms with Crippen LogP contribution in [0.5, 0.6) is 6.01 Å². The maximum Gasteiger partial charge on any atom is 0.298 e. The van der Waals surface area contributed by atoms with E-state index in [2.05, 4.69) is 14.7 Å². The summed E-state index contributed by atoms with van der Waals surface area (Å²) >= 11 is 0. The van der Waals surface area contributed by atoms with E-state index in [1.54, 1.807) is 6.92 Å². The van der Waals surface area contributed by atoms with Gasteiger partial charge in [0.25, 0.3) is 11.6 Å². The number of anilines is 1. The van der Waals surface area contributed by atoms with Gasteiger partial charge in [0.15, 0.2) is 0 Å². The molecule has 0 unspecified atom stereocenters. The Morgan fingerprint density at radius 2 is 2.27 bits per heavy atom. The Hall–Kier alpha value is -1.52. The maximum atomic E-state index is 11.0. The summed E-state index contributed by atoms with van der Waals surface area (Å²) in [5.41, 5.74) is 5.52. The molecular weight excluding hydrogens is 146 g/mol. The van der Waals surface area contributed by atoms with Gasteiger partial charge < -0.3 is 10.5 Å². The Balaban J connectivity index is 3.32. The lowest BCUT2D eigenvalue weighted by Gasteiger charge is -2.00. The third-order valence-electron chi connectivity index (χ3n) is 1.36. The Morgan fingerprint density at radius 1 is 1.64 bits per heavy atom. The number of methoxy groups -OCH3 is 1. The van der Waals surface area contributed by atoms with Crippen molar-refractivity contribution in [1.82, 2.24) is 9.97 Å². The summed E-state index contributed by atoms with van der Waals surface area (Å²) in [4.78, 5) is 17.1. The minimum absolute atomic E-state index is 0.137. The number of rotatable bonds is 1. The summed E-state index contributed by atoms with van der Waals surface area (Å²) in [5, 5.41) is 0. The molecule has 5 nitrogen and oxygen atoms in total. The molecule has 0 saturated carbocycles. The summed E-state index contributed by atoms with van der Waals surface area (Å²) in [7, 11) is 1.41. The first-order chi connectivity index (χ1) is 5.15. The molecule has 0 amide bonds. The fraction of sp³-hybridized carbons (Fsp3) is 0.333. The minimum Gasteiger partial charge on any atom is -0.468 e. The molecule has 0 radical (unpaired) electrons. The molecule has 11 heavy (non-hydrogen) atoms. The van der Waals surface area contributed by atoms with E-state index in [1.807, 2.05) is 0 Å². The highest BCUT2D eigenvalue weighted by Crippen LogP contribution is 2.03. The van der Waals surface area contributed by atoms with Gasteiger partial charge in [0, 0.05) is 0 Å². The molecule has 0 aliphatic heterocycles. The molecule has 3 N–H and O–H groups in total. The average molecular weight is 155 g/mol. The number of ether oxygens (including phenoxy) is 1. The third-order valence-corrected chi connectivity index (χ3v) is 1.36. The van der Waals surface area contributed by atoms with Crippen LogP contribution in [-0.2, 0) is 0 Å². The van der Waals surface area contributed by atoms with Gasteiger partial charge in [-0.15, -0.1) is 0 Å². The molecule has 1 aromatic rings. The highest BCUT2D eigenvalue weighted by atomic mass is 16.5. The number of hydrogen-bond acceptors (Lipinski definition) is 4. The number of nitrogens with zero attached hydrogens (tertiary/aromatic N) is 1. The molecule has 5 heteroatoms. The Labute approximate surface area is 63.2 Å². The highest BCUT2D eigenvalue weighted by molar-refractivity contribution is 5.36. The van der Waals surface area contributed by atoms with Crippen molar-refractivity contribution in [3.63, 3.8) is 0 Å². The zero-order valence-corrected chi connectivity index (χ0v) is 6.34. The van der Waals surface area contributed by atoms with Crippen LogP contribution in [0.2, 0.25) is 0 Å². The van der Waals surface area contributed by atoms with E-state index in [4.69, 9.17) is 5.73 Å². The lowest BCUT2D eigenvalue weighted by atomic mass is 10.3. The van der Waals surface area contributed by atoms with Crippen LogP contribution in [0.4, 0.5) is 5.82 Å². The molecule has 0 aliphatic rings. The third kappa shape index (κ3) is 1.31. The molecule has 0 aliphatic carbocycles. The largest absolute Gasteiger partial charge is 0.468 e. The number of aromatic nitrogens is 2. The molecule has 60 valence electrons. The Morgan fingerprint density at radius 3 is 2.73 bits per heavy atom. The predicted molar refractivity (Wildman–Crippen MR) is 40.6 cm³/mol. The molecule has 1 rings (SSSR count). The normalized spacial score (nSPS) is 9.64. The van der Waals surface area contributed by atoms with Gasteiger partial charge in [0.2, 0.25) is 0 Å². The molecule has 1 aromatic heterocycles. The van der Waals surface area contributed by atoms with E-state index < -0.39 is 0 Å². The zero-order chi connectivity index (χ0) is 8.43. The molecule has 0 atom stereocenters. The van der Waals surface area contributed by atoms with E-state index in [1.165, 1.54) is 7.11 Å². The summed E-state index contributed by atoms with van der Waals surface area (Å²) in [5.74, 6) is 0.200. The van der Waals surface area contributed by atoms with Crippen LogP contribution in [0.3, 0.4) is 0 Å². The van der Waals surface area contributed by atoms with Crippen LogP contribution in [-0.4, -0.2) is 17.1 Å². The summed E-state index contributed by atoms with van der Waals surface area (Å²) < 4.78 is 4.68. The highest BCUT2D eigenvalue weighted by Gasteiger charge is 2.02. The second kappa shape index (κ2) is 2.61. The Bertz CT molecular complexity index is 318. The maximum absolute atomic E-state index is 11.0. The van der Waals surface area contributed by atoms with Crippen LogP contribution < -0.4 is 16.0 Å². The first-order valence-electron chi connectivity index (χ1n) is 3.05. The van der Waals surface area contributed by atoms with Gasteiger partial charge in [-0.25, -0.2) is 0 Å². The van der Waals surface area contributed by atoms with Crippen molar-refractivity contribution in [2.75, 3.05) is 12.8 Å². The number of nitrogens with two attached hydrogens (primary N) is 1. The second-order valence-electron chi connectivity index (χ2n) is 2.09. The van der Waals surface area contributed by atoms with E-state index in [-0.39, 0.29) is 17.4 Å². The SMILES string of the molecule is COc1nc(N)c(C)c(=O)[nH]1. The van der Waals surface area contributed by atoms with E-state index >= 15 is 0 Å². The topological polar surface area (TPSA) is 81.0 Å². The smallest absolute Gasteiger partial charge is 0.298 e. The molecule has 0 fully saturated rings.